The molecular weight excluding hydrogens is 212 g/mol. The summed E-state index contributed by atoms with van der Waals surface area (Å²) in [6.07, 6.45) is 6.96. The summed E-state index contributed by atoms with van der Waals surface area (Å²) in [4.78, 5) is 4.10. The van der Waals surface area contributed by atoms with Crippen LogP contribution in [0.5, 0.6) is 5.88 Å². The fourth-order valence-electron chi connectivity index (χ4n) is 1.77. The average molecular weight is 236 g/mol. The first-order valence-electron chi connectivity index (χ1n) is 6.48. The second kappa shape index (κ2) is 8.07. The predicted molar refractivity (Wildman–Crippen MR) is 71.2 cm³/mol. The van der Waals surface area contributed by atoms with Gasteiger partial charge in [-0.3, -0.25) is 0 Å². The Morgan fingerprint density at radius 2 is 2.24 bits per heavy atom. The molecule has 17 heavy (non-hydrogen) atoms. The third-order valence-corrected chi connectivity index (χ3v) is 2.90. The van der Waals surface area contributed by atoms with E-state index in [1.165, 1.54) is 31.2 Å². The average Bonchev–Trinajstić information content (AvgIpc) is 2.37. The molecule has 0 bridgehead atoms. The van der Waals surface area contributed by atoms with Gasteiger partial charge < -0.3 is 10.1 Å². The highest BCUT2D eigenvalue weighted by Gasteiger charge is 2.02. The largest absolute Gasteiger partial charge is 0.481 e. The van der Waals surface area contributed by atoms with E-state index >= 15 is 0 Å². The molecule has 0 aromatic carbocycles. The number of aromatic nitrogens is 1. The van der Waals surface area contributed by atoms with Crippen molar-refractivity contribution in [1.29, 1.82) is 0 Å². The highest BCUT2D eigenvalue weighted by molar-refractivity contribution is 5.20. The smallest absolute Gasteiger partial charge is 0.213 e. The van der Waals surface area contributed by atoms with Crippen molar-refractivity contribution in [3.05, 3.63) is 23.9 Å². The van der Waals surface area contributed by atoms with Crippen molar-refractivity contribution in [1.82, 2.24) is 10.3 Å². The highest BCUT2D eigenvalue weighted by Crippen LogP contribution is 2.09. The van der Waals surface area contributed by atoms with E-state index in [0.717, 1.165) is 6.54 Å². The Balaban J connectivity index is 2.28. The zero-order valence-electron chi connectivity index (χ0n) is 11.2. The summed E-state index contributed by atoms with van der Waals surface area (Å²) in [5.41, 5.74) is 1.22. The lowest BCUT2D eigenvalue weighted by molar-refractivity contribution is 0.396. The summed E-state index contributed by atoms with van der Waals surface area (Å²) < 4.78 is 5.10. The number of nitrogens with zero attached hydrogens (tertiary/aromatic N) is 1. The highest BCUT2D eigenvalue weighted by atomic mass is 16.5. The van der Waals surface area contributed by atoms with Gasteiger partial charge in [0.15, 0.2) is 0 Å². The van der Waals surface area contributed by atoms with Crippen LogP contribution in [0.1, 0.15) is 45.1 Å². The van der Waals surface area contributed by atoms with Crippen molar-refractivity contribution in [2.75, 3.05) is 7.11 Å². The lowest BCUT2D eigenvalue weighted by Crippen LogP contribution is -2.25. The SMILES string of the molecule is CCCCCC(C)NCc1ccnc(OC)c1. The van der Waals surface area contributed by atoms with E-state index in [1.807, 2.05) is 12.1 Å². The van der Waals surface area contributed by atoms with Crippen molar-refractivity contribution in [3.63, 3.8) is 0 Å². The molecule has 1 aromatic rings. The summed E-state index contributed by atoms with van der Waals surface area (Å²) in [5.74, 6) is 0.683. The monoisotopic (exact) mass is 236 g/mol. The molecule has 0 aliphatic rings. The zero-order valence-corrected chi connectivity index (χ0v) is 11.2. The lowest BCUT2D eigenvalue weighted by Gasteiger charge is -2.13. The molecule has 1 heterocycles. The van der Waals surface area contributed by atoms with Gasteiger partial charge in [-0.1, -0.05) is 26.2 Å². The summed E-state index contributed by atoms with van der Waals surface area (Å²) in [6, 6.07) is 4.57. The van der Waals surface area contributed by atoms with Crippen molar-refractivity contribution < 1.29 is 4.74 Å². The zero-order chi connectivity index (χ0) is 12.5. The molecule has 0 aliphatic carbocycles. The van der Waals surface area contributed by atoms with Crippen LogP contribution in [0.3, 0.4) is 0 Å². The number of unbranched alkanes of at least 4 members (excludes halogenated alkanes) is 2. The van der Waals surface area contributed by atoms with Gasteiger partial charge in [0.1, 0.15) is 0 Å². The molecule has 0 saturated heterocycles. The molecule has 3 nitrogen and oxygen atoms in total. The lowest BCUT2D eigenvalue weighted by atomic mass is 10.1. The Morgan fingerprint density at radius 3 is 2.94 bits per heavy atom. The van der Waals surface area contributed by atoms with E-state index in [9.17, 15) is 0 Å². The van der Waals surface area contributed by atoms with Crippen LogP contribution in [-0.2, 0) is 6.54 Å². The molecule has 1 N–H and O–H groups in total. The summed E-state index contributed by atoms with van der Waals surface area (Å²) in [5, 5.41) is 3.53. The van der Waals surface area contributed by atoms with Crippen LogP contribution < -0.4 is 10.1 Å². The van der Waals surface area contributed by atoms with Gasteiger partial charge in [0.05, 0.1) is 7.11 Å². The molecule has 0 aliphatic heterocycles. The van der Waals surface area contributed by atoms with E-state index in [1.54, 1.807) is 13.3 Å². The molecule has 0 saturated carbocycles. The molecule has 3 heteroatoms. The Labute approximate surface area is 105 Å². The first kappa shape index (κ1) is 14.0. The number of methoxy groups -OCH3 is 1. The van der Waals surface area contributed by atoms with Crippen molar-refractivity contribution in [2.45, 2.75) is 52.1 Å². The molecule has 0 radical (unpaired) electrons. The number of pyridine rings is 1. The number of nitrogens with one attached hydrogen (secondary N) is 1. The molecule has 1 unspecified atom stereocenters. The van der Waals surface area contributed by atoms with Crippen LogP contribution in [0.25, 0.3) is 0 Å². The molecular formula is C14H24N2O. The van der Waals surface area contributed by atoms with Crippen LogP contribution in [-0.4, -0.2) is 18.1 Å². The topological polar surface area (TPSA) is 34.2 Å². The fourth-order valence-corrected chi connectivity index (χ4v) is 1.77. The quantitative estimate of drug-likeness (QED) is 0.704. The van der Waals surface area contributed by atoms with Gasteiger partial charge in [-0.2, -0.15) is 0 Å². The van der Waals surface area contributed by atoms with E-state index < -0.39 is 0 Å². The maximum Gasteiger partial charge on any atom is 0.213 e. The van der Waals surface area contributed by atoms with Gasteiger partial charge in [0.25, 0.3) is 0 Å². The second-order valence-electron chi connectivity index (χ2n) is 4.48. The Hall–Kier alpha value is -1.09. The van der Waals surface area contributed by atoms with Gasteiger partial charge in [-0.25, -0.2) is 4.98 Å². The standard InChI is InChI=1S/C14H24N2O/c1-4-5-6-7-12(2)16-11-13-8-9-15-14(10-13)17-3/h8-10,12,16H,4-7,11H2,1-3H3. The van der Waals surface area contributed by atoms with Crippen molar-refractivity contribution in [2.24, 2.45) is 0 Å². The van der Waals surface area contributed by atoms with Gasteiger partial charge in [-0.05, 0) is 25.0 Å². The molecule has 0 spiro atoms. The molecule has 1 rings (SSSR count). The fraction of sp³-hybridized carbons (Fsp3) is 0.643. The van der Waals surface area contributed by atoms with Gasteiger partial charge in [0, 0.05) is 24.8 Å². The molecule has 0 amide bonds. The maximum absolute atomic E-state index is 5.10. The summed E-state index contributed by atoms with van der Waals surface area (Å²) in [6.45, 7) is 5.36. The molecule has 1 atom stereocenters. The van der Waals surface area contributed by atoms with E-state index in [4.69, 9.17) is 4.74 Å². The minimum Gasteiger partial charge on any atom is -0.481 e. The third kappa shape index (κ3) is 5.68. The van der Waals surface area contributed by atoms with Crippen LogP contribution in [0, 0.1) is 0 Å². The van der Waals surface area contributed by atoms with Gasteiger partial charge in [0.2, 0.25) is 5.88 Å². The van der Waals surface area contributed by atoms with E-state index in [0.29, 0.717) is 11.9 Å². The van der Waals surface area contributed by atoms with Gasteiger partial charge in [-0.15, -0.1) is 0 Å². The molecule has 96 valence electrons. The number of hydrogen-bond donors (Lipinski definition) is 1. The first-order chi connectivity index (χ1) is 8.26. The van der Waals surface area contributed by atoms with Crippen molar-refractivity contribution in [3.8, 4) is 5.88 Å². The third-order valence-electron chi connectivity index (χ3n) is 2.90. The number of hydrogen-bond acceptors (Lipinski definition) is 3. The van der Waals surface area contributed by atoms with Crippen LogP contribution in [0.2, 0.25) is 0 Å². The van der Waals surface area contributed by atoms with Crippen LogP contribution in [0.15, 0.2) is 18.3 Å². The summed E-state index contributed by atoms with van der Waals surface area (Å²) >= 11 is 0. The van der Waals surface area contributed by atoms with Gasteiger partial charge >= 0.3 is 0 Å². The Kier molecular flexibility index (Phi) is 6.63. The van der Waals surface area contributed by atoms with E-state index in [-0.39, 0.29) is 0 Å². The maximum atomic E-state index is 5.10. The number of ether oxygens (including phenoxy) is 1. The predicted octanol–water partition coefficient (Wildman–Crippen LogP) is 3.15. The van der Waals surface area contributed by atoms with Crippen LogP contribution >= 0.6 is 0 Å². The minimum absolute atomic E-state index is 0.570. The van der Waals surface area contributed by atoms with E-state index in [2.05, 4.69) is 24.1 Å². The molecule has 0 fully saturated rings. The first-order valence-corrected chi connectivity index (χ1v) is 6.48. The summed E-state index contributed by atoms with van der Waals surface area (Å²) in [7, 11) is 1.65. The Bertz CT molecular complexity index is 315. The normalized spacial score (nSPS) is 12.4. The van der Waals surface area contributed by atoms with Crippen molar-refractivity contribution >= 4 is 0 Å². The molecule has 1 aromatic heterocycles. The number of rotatable bonds is 8. The van der Waals surface area contributed by atoms with Crippen LogP contribution in [0.4, 0.5) is 0 Å². The minimum atomic E-state index is 0.570. The Morgan fingerprint density at radius 1 is 1.41 bits per heavy atom. The second-order valence-corrected chi connectivity index (χ2v) is 4.48.